The van der Waals surface area contributed by atoms with Gasteiger partial charge in [-0.05, 0) is 38.0 Å². The first-order chi connectivity index (χ1) is 14.1. The summed E-state index contributed by atoms with van der Waals surface area (Å²) >= 11 is 0. The van der Waals surface area contributed by atoms with E-state index < -0.39 is 0 Å². The van der Waals surface area contributed by atoms with E-state index in [1.807, 2.05) is 41.0 Å². The van der Waals surface area contributed by atoms with E-state index in [1.165, 1.54) is 0 Å². The summed E-state index contributed by atoms with van der Waals surface area (Å²) < 4.78 is 0. The number of rotatable bonds is 3. The van der Waals surface area contributed by atoms with Crippen LogP contribution in [0.1, 0.15) is 28.8 Å². The summed E-state index contributed by atoms with van der Waals surface area (Å²) in [5.74, 6) is 1.02. The summed E-state index contributed by atoms with van der Waals surface area (Å²) in [7, 11) is 0. The van der Waals surface area contributed by atoms with Gasteiger partial charge in [-0.1, -0.05) is 17.7 Å². The second-order valence-corrected chi connectivity index (χ2v) is 7.80. The van der Waals surface area contributed by atoms with E-state index >= 15 is 0 Å². The molecular formula is C22H27N5O2. The van der Waals surface area contributed by atoms with Gasteiger partial charge in [0, 0.05) is 63.1 Å². The number of hydrogen-bond acceptors (Lipinski definition) is 5. The Morgan fingerprint density at radius 1 is 0.897 bits per heavy atom. The number of benzene rings is 1. The van der Waals surface area contributed by atoms with Crippen LogP contribution in [0.15, 0.2) is 42.7 Å². The van der Waals surface area contributed by atoms with Crippen molar-refractivity contribution in [1.82, 2.24) is 19.8 Å². The maximum Gasteiger partial charge on any atom is 0.253 e. The lowest BCUT2D eigenvalue weighted by atomic mass is 9.94. The average molecular weight is 393 g/mol. The number of piperidine rings is 1. The zero-order valence-corrected chi connectivity index (χ0v) is 16.8. The van der Waals surface area contributed by atoms with Crippen molar-refractivity contribution in [3.63, 3.8) is 0 Å². The summed E-state index contributed by atoms with van der Waals surface area (Å²) in [6.07, 6.45) is 4.95. The monoisotopic (exact) mass is 393 g/mol. The molecule has 2 aliphatic heterocycles. The zero-order chi connectivity index (χ0) is 20.2. The lowest BCUT2D eigenvalue weighted by Crippen LogP contribution is -2.52. The number of carbonyl (C=O) groups is 2. The highest BCUT2D eigenvalue weighted by molar-refractivity contribution is 5.94. The van der Waals surface area contributed by atoms with E-state index in [9.17, 15) is 9.59 Å². The van der Waals surface area contributed by atoms with E-state index in [2.05, 4.69) is 14.9 Å². The van der Waals surface area contributed by atoms with Crippen LogP contribution < -0.4 is 4.90 Å². The van der Waals surface area contributed by atoms with Crippen molar-refractivity contribution < 1.29 is 9.59 Å². The fourth-order valence-electron chi connectivity index (χ4n) is 4.13. The quantitative estimate of drug-likeness (QED) is 0.798. The van der Waals surface area contributed by atoms with Crippen LogP contribution in [0.25, 0.3) is 0 Å². The third-order valence-corrected chi connectivity index (χ3v) is 5.82. The van der Waals surface area contributed by atoms with Crippen LogP contribution in [0.2, 0.25) is 0 Å². The Bertz CT molecular complexity index is 857. The molecule has 2 fully saturated rings. The molecule has 0 atom stereocenters. The first-order valence-electron chi connectivity index (χ1n) is 10.3. The highest BCUT2D eigenvalue weighted by Gasteiger charge is 2.32. The minimum Gasteiger partial charge on any atom is -0.339 e. The Kier molecular flexibility index (Phi) is 5.74. The Labute approximate surface area is 171 Å². The van der Waals surface area contributed by atoms with Crippen LogP contribution in [0.4, 0.5) is 5.95 Å². The molecule has 0 saturated carbocycles. The Balaban J connectivity index is 1.28. The van der Waals surface area contributed by atoms with Crippen molar-refractivity contribution in [2.24, 2.45) is 5.92 Å². The molecule has 0 N–H and O–H groups in total. The Morgan fingerprint density at radius 3 is 2.24 bits per heavy atom. The van der Waals surface area contributed by atoms with Crippen molar-refractivity contribution in [3.8, 4) is 0 Å². The fourth-order valence-corrected chi connectivity index (χ4v) is 4.13. The Morgan fingerprint density at radius 2 is 1.59 bits per heavy atom. The number of piperazine rings is 1. The zero-order valence-electron chi connectivity index (χ0n) is 16.8. The molecule has 0 spiro atoms. The van der Waals surface area contributed by atoms with Crippen molar-refractivity contribution >= 4 is 17.8 Å². The normalized spacial score (nSPS) is 18.0. The third kappa shape index (κ3) is 4.39. The molecule has 0 radical (unpaired) electrons. The predicted octanol–water partition coefficient (Wildman–Crippen LogP) is 1.99. The van der Waals surface area contributed by atoms with E-state index in [4.69, 9.17) is 0 Å². The number of aromatic nitrogens is 2. The van der Waals surface area contributed by atoms with Gasteiger partial charge >= 0.3 is 0 Å². The first-order valence-corrected chi connectivity index (χ1v) is 10.3. The molecule has 2 aromatic rings. The van der Waals surface area contributed by atoms with E-state index in [1.54, 1.807) is 18.5 Å². The lowest BCUT2D eigenvalue weighted by molar-refractivity contribution is -0.137. The highest BCUT2D eigenvalue weighted by Crippen LogP contribution is 2.22. The van der Waals surface area contributed by atoms with Crippen LogP contribution in [-0.4, -0.2) is 70.9 Å². The summed E-state index contributed by atoms with van der Waals surface area (Å²) in [6.45, 7) is 6.16. The van der Waals surface area contributed by atoms with Crippen molar-refractivity contribution in [3.05, 3.63) is 53.9 Å². The molecule has 1 aromatic heterocycles. The molecule has 7 heteroatoms. The summed E-state index contributed by atoms with van der Waals surface area (Å²) in [6, 6.07) is 9.50. The molecule has 29 heavy (non-hydrogen) atoms. The number of carbonyl (C=O) groups excluding carboxylic acids is 2. The van der Waals surface area contributed by atoms with Crippen LogP contribution in [0, 0.1) is 12.8 Å². The molecule has 4 rings (SSSR count). The minimum absolute atomic E-state index is 0.0103. The molecule has 2 saturated heterocycles. The molecule has 1 aromatic carbocycles. The van der Waals surface area contributed by atoms with Gasteiger partial charge in [-0.3, -0.25) is 9.59 Å². The van der Waals surface area contributed by atoms with Crippen LogP contribution in [-0.2, 0) is 4.79 Å². The van der Waals surface area contributed by atoms with Crippen LogP contribution >= 0.6 is 0 Å². The van der Waals surface area contributed by atoms with Crippen LogP contribution in [0.3, 0.4) is 0 Å². The number of hydrogen-bond donors (Lipinski definition) is 0. The summed E-state index contributed by atoms with van der Waals surface area (Å²) in [5.41, 5.74) is 1.81. The van der Waals surface area contributed by atoms with E-state index in [0.717, 1.165) is 43.0 Å². The molecule has 0 bridgehead atoms. The highest BCUT2D eigenvalue weighted by atomic mass is 16.2. The Hall–Kier alpha value is -2.96. The number of amides is 2. The van der Waals surface area contributed by atoms with Gasteiger partial charge < -0.3 is 14.7 Å². The first kappa shape index (κ1) is 19.4. The minimum atomic E-state index is 0.0103. The second-order valence-electron chi connectivity index (χ2n) is 7.80. The molecule has 0 unspecified atom stereocenters. The average Bonchev–Trinajstić information content (AvgIpc) is 2.79. The summed E-state index contributed by atoms with van der Waals surface area (Å²) in [4.78, 5) is 40.2. The van der Waals surface area contributed by atoms with Gasteiger partial charge in [-0.15, -0.1) is 0 Å². The molecule has 2 aliphatic rings. The lowest BCUT2D eigenvalue weighted by Gasteiger charge is -2.38. The van der Waals surface area contributed by atoms with E-state index in [0.29, 0.717) is 26.2 Å². The topological polar surface area (TPSA) is 69.6 Å². The molecule has 2 amide bonds. The van der Waals surface area contributed by atoms with Gasteiger partial charge in [0.2, 0.25) is 11.9 Å². The number of likely N-dealkylation sites (tertiary alicyclic amines) is 1. The maximum absolute atomic E-state index is 13.0. The number of aryl methyl sites for hydroxylation is 1. The van der Waals surface area contributed by atoms with Gasteiger partial charge in [-0.25, -0.2) is 9.97 Å². The molecule has 152 valence electrons. The van der Waals surface area contributed by atoms with Gasteiger partial charge in [0.05, 0.1) is 0 Å². The maximum atomic E-state index is 13.0. The molecule has 7 nitrogen and oxygen atoms in total. The SMILES string of the molecule is Cc1cccc(C(=O)N2CCC(C(=O)N3CCN(c4ncccn4)CC3)CC2)c1. The standard InChI is InChI=1S/C22H27N5O2/c1-17-4-2-5-19(16-17)21(29)25-10-6-18(7-11-25)20(28)26-12-14-27(15-13-26)22-23-8-3-9-24-22/h2-5,8-9,16,18H,6-7,10-15H2,1H3. The summed E-state index contributed by atoms with van der Waals surface area (Å²) in [5, 5.41) is 0. The van der Waals surface area contributed by atoms with Crippen molar-refractivity contribution in [1.29, 1.82) is 0 Å². The van der Waals surface area contributed by atoms with Gasteiger partial charge in [0.25, 0.3) is 5.91 Å². The van der Waals surface area contributed by atoms with Gasteiger partial charge in [0.15, 0.2) is 0 Å². The second kappa shape index (κ2) is 8.59. The largest absolute Gasteiger partial charge is 0.339 e. The van der Waals surface area contributed by atoms with Crippen molar-refractivity contribution in [2.75, 3.05) is 44.2 Å². The van der Waals surface area contributed by atoms with E-state index in [-0.39, 0.29) is 17.7 Å². The van der Waals surface area contributed by atoms with Crippen molar-refractivity contribution in [2.45, 2.75) is 19.8 Å². The number of nitrogens with zero attached hydrogens (tertiary/aromatic N) is 5. The van der Waals surface area contributed by atoms with Gasteiger partial charge in [-0.2, -0.15) is 0 Å². The molecule has 0 aliphatic carbocycles. The molecular weight excluding hydrogens is 366 g/mol. The predicted molar refractivity (Wildman–Crippen MR) is 111 cm³/mol. The molecule has 3 heterocycles. The number of anilines is 1. The third-order valence-electron chi connectivity index (χ3n) is 5.82. The van der Waals surface area contributed by atoms with Gasteiger partial charge in [0.1, 0.15) is 0 Å². The smallest absolute Gasteiger partial charge is 0.253 e. The fraction of sp³-hybridized carbons (Fsp3) is 0.455. The van der Waals surface area contributed by atoms with Crippen LogP contribution in [0.5, 0.6) is 0 Å².